The minimum atomic E-state index is -2.94. The summed E-state index contributed by atoms with van der Waals surface area (Å²) >= 11 is 0. The number of fused-ring (bicyclic) bond motifs is 2. The van der Waals surface area contributed by atoms with Crippen molar-refractivity contribution in [3.05, 3.63) is 57.1 Å². The van der Waals surface area contributed by atoms with Gasteiger partial charge in [-0.15, -0.1) is 0 Å². The van der Waals surface area contributed by atoms with Crippen molar-refractivity contribution >= 4 is 11.0 Å². The summed E-state index contributed by atoms with van der Waals surface area (Å²) in [5.41, 5.74) is 0.188. The van der Waals surface area contributed by atoms with Gasteiger partial charge in [-0.3, -0.25) is 9.36 Å². The smallest absolute Gasteiger partial charge is 0.256 e. The van der Waals surface area contributed by atoms with Crippen LogP contribution in [0.2, 0.25) is 0 Å². The average molecular weight is 420 g/mol. The molecule has 1 aromatic carbocycles. The number of rotatable bonds is 4. The first-order valence-electron chi connectivity index (χ1n) is 14.5. The third-order valence-corrected chi connectivity index (χ3v) is 5.85. The fraction of sp³-hybridized carbons (Fsp3) is 0.522. The quantitative estimate of drug-likeness (QED) is 0.647. The van der Waals surface area contributed by atoms with Gasteiger partial charge in [-0.1, -0.05) is 5.16 Å². The summed E-state index contributed by atoms with van der Waals surface area (Å²) in [6.45, 7) is 0.320. The molecule has 3 aromatic rings. The Bertz CT molecular complexity index is 1530. The Balaban J connectivity index is 1.33. The maximum atomic E-state index is 14.0. The summed E-state index contributed by atoms with van der Waals surface area (Å²) < 4.78 is 92.5. The summed E-state index contributed by atoms with van der Waals surface area (Å²) in [5.74, 6) is -1.36. The third kappa shape index (κ3) is 3.55. The summed E-state index contributed by atoms with van der Waals surface area (Å²) in [6, 6.07) is -1.61. The fourth-order valence-corrected chi connectivity index (χ4v) is 4.19. The molecule has 0 spiro atoms. The summed E-state index contributed by atoms with van der Waals surface area (Å²) in [7, 11) is 0. The van der Waals surface area contributed by atoms with Gasteiger partial charge in [0, 0.05) is 56.3 Å². The molecule has 6 nitrogen and oxygen atoms in total. The molecule has 2 aromatic heterocycles. The van der Waals surface area contributed by atoms with Crippen LogP contribution in [-0.2, 0) is 19.3 Å². The minimum absolute atomic E-state index is 0.118. The highest BCUT2D eigenvalue weighted by atomic mass is 19.1. The van der Waals surface area contributed by atoms with Gasteiger partial charge >= 0.3 is 0 Å². The van der Waals surface area contributed by atoms with E-state index in [0.29, 0.717) is 48.4 Å². The van der Waals surface area contributed by atoms with E-state index >= 15 is 0 Å². The van der Waals surface area contributed by atoms with Gasteiger partial charge in [-0.05, 0) is 64.1 Å². The highest BCUT2D eigenvalue weighted by Gasteiger charge is 2.25. The first kappa shape index (κ1) is 11.7. The highest BCUT2D eigenvalue weighted by molar-refractivity contribution is 5.79. The molecule has 2 aliphatic rings. The standard InChI is InChI=1S/C23H27FN4O2/c1-15-18(23(29)28-10-3-2-4-21(28)25-15)9-13-27-11-7-16(8-12-27)22-19-6-5-17(24)14-20(19)30-26-22/h5-6,14,16H,2-4,7-13H2,1H3/i2D2,3D2,5D,6D,10D2,14D. The van der Waals surface area contributed by atoms with Crippen LogP contribution >= 0.6 is 0 Å². The zero-order valence-electron chi connectivity index (χ0n) is 25.5. The molecule has 0 N–H and O–H groups in total. The Kier molecular flexibility index (Phi) is 3.11. The summed E-state index contributed by atoms with van der Waals surface area (Å²) in [4.78, 5) is 19.7. The largest absolute Gasteiger partial charge is 0.356 e. The van der Waals surface area contributed by atoms with Crippen LogP contribution in [0.5, 0.6) is 0 Å². The second-order valence-electron chi connectivity index (χ2n) is 7.65. The van der Waals surface area contributed by atoms with Crippen molar-refractivity contribution in [3.63, 3.8) is 0 Å². The van der Waals surface area contributed by atoms with E-state index in [-0.39, 0.29) is 40.7 Å². The zero-order valence-corrected chi connectivity index (χ0v) is 16.5. The van der Waals surface area contributed by atoms with Crippen LogP contribution in [0.25, 0.3) is 11.0 Å². The normalized spacial score (nSPS) is 27.5. The monoisotopic (exact) mass is 419 g/mol. The Hall–Kier alpha value is -2.54. The Morgan fingerprint density at radius 2 is 2.17 bits per heavy atom. The molecule has 4 heterocycles. The molecule has 30 heavy (non-hydrogen) atoms. The Morgan fingerprint density at radius 1 is 1.33 bits per heavy atom. The average Bonchev–Trinajstić information content (AvgIpc) is 3.30. The molecule has 0 amide bonds. The van der Waals surface area contributed by atoms with Gasteiger partial charge in [0.1, 0.15) is 11.6 Å². The number of benzene rings is 1. The minimum Gasteiger partial charge on any atom is -0.356 e. The van der Waals surface area contributed by atoms with Crippen LogP contribution < -0.4 is 5.56 Å². The van der Waals surface area contributed by atoms with Gasteiger partial charge < -0.3 is 9.42 Å². The molecule has 158 valence electrons. The van der Waals surface area contributed by atoms with Crippen LogP contribution in [-0.4, -0.2) is 39.2 Å². The van der Waals surface area contributed by atoms with Crippen molar-refractivity contribution in [1.82, 2.24) is 19.6 Å². The number of nitrogens with zero attached hydrogens (tertiary/aromatic N) is 4. The van der Waals surface area contributed by atoms with Crippen molar-refractivity contribution in [1.29, 1.82) is 0 Å². The Morgan fingerprint density at radius 3 is 3.00 bits per heavy atom. The molecule has 7 heteroatoms. The molecule has 0 saturated carbocycles. The first-order valence-corrected chi connectivity index (χ1v) is 9.99. The number of hydrogen-bond donors (Lipinski definition) is 0. The van der Waals surface area contributed by atoms with Crippen LogP contribution in [0, 0.1) is 12.7 Å². The van der Waals surface area contributed by atoms with Crippen LogP contribution in [0.4, 0.5) is 4.39 Å². The number of piperidine rings is 1. The number of aryl methyl sites for hydroxylation is 2. The second-order valence-corrected chi connectivity index (χ2v) is 7.65. The lowest BCUT2D eigenvalue weighted by Crippen LogP contribution is -2.37. The third-order valence-electron chi connectivity index (χ3n) is 5.85. The lowest BCUT2D eigenvalue weighted by molar-refractivity contribution is 0.211. The molecule has 0 bridgehead atoms. The van der Waals surface area contributed by atoms with E-state index in [1.165, 1.54) is 0 Å². The van der Waals surface area contributed by atoms with Crippen molar-refractivity contribution in [3.8, 4) is 0 Å². The van der Waals surface area contributed by atoms with Crippen LogP contribution in [0.1, 0.15) is 66.6 Å². The molecule has 0 atom stereocenters. The van der Waals surface area contributed by atoms with Gasteiger partial charge in [0.25, 0.3) is 5.56 Å². The number of likely N-dealkylation sites (tertiary alicyclic amines) is 1. The lowest BCUT2D eigenvalue weighted by Gasteiger charge is -2.31. The lowest BCUT2D eigenvalue weighted by atomic mass is 9.91. The first-order chi connectivity index (χ1) is 18.1. The van der Waals surface area contributed by atoms with Gasteiger partial charge in [-0.2, -0.15) is 0 Å². The van der Waals surface area contributed by atoms with Crippen molar-refractivity contribution in [2.45, 2.75) is 57.8 Å². The maximum absolute atomic E-state index is 14.0. The van der Waals surface area contributed by atoms with E-state index < -0.39 is 49.1 Å². The molecular formula is C23H27FN4O2. The van der Waals surface area contributed by atoms with E-state index in [1.54, 1.807) is 6.92 Å². The van der Waals surface area contributed by atoms with E-state index in [1.807, 2.05) is 0 Å². The van der Waals surface area contributed by atoms with Gasteiger partial charge in [0.05, 0.1) is 9.81 Å². The molecule has 2 aliphatic heterocycles. The number of aromatic nitrogens is 3. The Labute approximate surface area is 187 Å². The van der Waals surface area contributed by atoms with Crippen molar-refractivity contribution in [2.75, 3.05) is 19.6 Å². The van der Waals surface area contributed by atoms with E-state index in [0.717, 1.165) is 0 Å². The zero-order chi connectivity index (χ0) is 28.7. The van der Waals surface area contributed by atoms with Gasteiger partial charge in [0.2, 0.25) is 0 Å². The number of halogens is 1. The number of hydrogen-bond acceptors (Lipinski definition) is 5. The molecule has 5 rings (SSSR count). The van der Waals surface area contributed by atoms with Crippen molar-refractivity contribution < 1.29 is 21.3 Å². The van der Waals surface area contributed by atoms with E-state index in [9.17, 15) is 9.18 Å². The van der Waals surface area contributed by atoms with Gasteiger partial charge in [-0.25, -0.2) is 9.37 Å². The van der Waals surface area contributed by atoms with E-state index in [4.69, 9.17) is 16.9 Å². The SMILES string of the molecule is [2H]c1c(F)c([2H])c2onc(C3CCN(CCc4c(C)nc5n(c4=O)C([2H])([2H])C([2H])([2H])C([2H])([2H])C5)CC3)c2c1[2H]. The van der Waals surface area contributed by atoms with Crippen LogP contribution in [0.3, 0.4) is 0 Å². The van der Waals surface area contributed by atoms with Crippen molar-refractivity contribution in [2.24, 2.45) is 0 Å². The molecular weight excluding hydrogens is 383 g/mol. The molecule has 1 fully saturated rings. The molecule has 0 radical (unpaired) electrons. The topological polar surface area (TPSA) is 64.2 Å². The predicted octanol–water partition coefficient (Wildman–Crippen LogP) is 3.59. The van der Waals surface area contributed by atoms with Gasteiger partial charge in [0.15, 0.2) is 5.58 Å². The highest BCUT2D eigenvalue weighted by Crippen LogP contribution is 2.32. The molecule has 0 unspecified atom stereocenters. The van der Waals surface area contributed by atoms with Crippen LogP contribution in [0.15, 0.2) is 27.4 Å². The molecule has 0 aliphatic carbocycles. The summed E-state index contributed by atoms with van der Waals surface area (Å²) in [5, 5.41) is 4.20. The van der Waals surface area contributed by atoms with E-state index in [2.05, 4.69) is 15.0 Å². The molecule has 1 saturated heterocycles. The summed E-state index contributed by atoms with van der Waals surface area (Å²) in [6.07, 6.45) is -4.54. The second kappa shape index (κ2) is 7.95. The predicted molar refractivity (Wildman–Crippen MR) is 112 cm³/mol. The maximum Gasteiger partial charge on any atom is 0.256 e. The fourth-order valence-electron chi connectivity index (χ4n) is 4.19.